The predicted molar refractivity (Wildman–Crippen MR) is 77.8 cm³/mol. The van der Waals surface area contributed by atoms with Crippen LogP contribution in [0.5, 0.6) is 11.5 Å². The average molecular weight is 342 g/mol. The van der Waals surface area contributed by atoms with Gasteiger partial charge >= 0.3 is 0 Å². The van der Waals surface area contributed by atoms with Gasteiger partial charge in [0.25, 0.3) is 0 Å². The topological polar surface area (TPSA) is 35.2 Å². The van der Waals surface area contributed by atoms with Crippen molar-refractivity contribution in [3.8, 4) is 11.5 Å². The molecule has 0 aliphatic rings. The van der Waals surface area contributed by atoms with Crippen molar-refractivity contribution < 1.29 is 13.5 Å². The molecule has 1 atom stereocenters. The van der Waals surface area contributed by atoms with Crippen molar-refractivity contribution in [2.24, 2.45) is 5.73 Å². The number of hydrogen-bond acceptors (Lipinski definition) is 2. The summed E-state index contributed by atoms with van der Waals surface area (Å²) in [6.07, 6.45) is 0.825. The molecule has 2 nitrogen and oxygen atoms in total. The summed E-state index contributed by atoms with van der Waals surface area (Å²) in [7, 11) is 0. The molecule has 0 aliphatic carbocycles. The zero-order valence-electron chi connectivity index (χ0n) is 10.9. The first-order chi connectivity index (χ1) is 9.51. The van der Waals surface area contributed by atoms with Gasteiger partial charge in [-0.1, -0.05) is 35.0 Å². The third kappa shape index (κ3) is 3.35. The van der Waals surface area contributed by atoms with Crippen LogP contribution >= 0.6 is 15.9 Å². The van der Waals surface area contributed by atoms with Crippen LogP contribution in [0.4, 0.5) is 8.78 Å². The number of ether oxygens (including phenoxy) is 1. The van der Waals surface area contributed by atoms with Crippen molar-refractivity contribution in [1.82, 2.24) is 0 Å². The van der Waals surface area contributed by atoms with E-state index in [1.807, 2.05) is 19.1 Å². The van der Waals surface area contributed by atoms with Crippen LogP contribution in [-0.4, -0.2) is 0 Å². The highest BCUT2D eigenvalue weighted by molar-refractivity contribution is 9.10. The van der Waals surface area contributed by atoms with Crippen LogP contribution < -0.4 is 10.5 Å². The molecule has 2 rings (SSSR count). The Balaban J connectivity index is 2.22. The Kier molecular flexibility index (Phi) is 4.73. The largest absolute Gasteiger partial charge is 0.454 e. The van der Waals surface area contributed by atoms with E-state index < -0.39 is 11.6 Å². The summed E-state index contributed by atoms with van der Waals surface area (Å²) in [5.74, 6) is -1.71. The highest BCUT2D eigenvalue weighted by Gasteiger charge is 2.12. The molecule has 0 spiro atoms. The number of hydrogen-bond donors (Lipinski definition) is 1. The normalized spacial score (nSPS) is 12.2. The highest BCUT2D eigenvalue weighted by Crippen LogP contribution is 2.30. The first-order valence-corrected chi connectivity index (χ1v) is 6.98. The van der Waals surface area contributed by atoms with Crippen molar-refractivity contribution in [3.05, 3.63) is 58.1 Å². The summed E-state index contributed by atoms with van der Waals surface area (Å²) < 4.78 is 32.6. The Morgan fingerprint density at radius 1 is 1.20 bits per heavy atom. The van der Waals surface area contributed by atoms with E-state index in [1.54, 1.807) is 12.1 Å². The van der Waals surface area contributed by atoms with Crippen molar-refractivity contribution in [2.75, 3.05) is 0 Å². The standard InChI is InChI=1S/C15H14BrF2NO/c1-2-13(19)9-3-5-11(6-4-9)20-14-8-10(16)7-12(17)15(14)18/h3-8,13H,2,19H2,1H3/t13-/m0/s1. The Morgan fingerprint density at radius 2 is 1.85 bits per heavy atom. The summed E-state index contributed by atoms with van der Waals surface area (Å²) in [6.45, 7) is 1.99. The lowest BCUT2D eigenvalue weighted by atomic mass is 10.1. The molecule has 0 radical (unpaired) electrons. The van der Waals surface area contributed by atoms with E-state index >= 15 is 0 Å². The fourth-order valence-corrected chi connectivity index (χ4v) is 2.16. The number of rotatable bonds is 4. The molecule has 0 fully saturated rings. The van der Waals surface area contributed by atoms with Crippen LogP contribution in [0, 0.1) is 11.6 Å². The summed E-state index contributed by atoms with van der Waals surface area (Å²) in [5.41, 5.74) is 6.88. The zero-order valence-corrected chi connectivity index (χ0v) is 12.5. The Hall–Kier alpha value is -1.46. The second-order valence-electron chi connectivity index (χ2n) is 4.39. The average Bonchev–Trinajstić information content (AvgIpc) is 2.44. The maximum Gasteiger partial charge on any atom is 0.201 e. The number of benzene rings is 2. The highest BCUT2D eigenvalue weighted by atomic mass is 79.9. The minimum Gasteiger partial charge on any atom is -0.454 e. The van der Waals surface area contributed by atoms with Crippen LogP contribution in [0.3, 0.4) is 0 Å². The molecule has 0 unspecified atom stereocenters. The van der Waals surface area contributed by atoms with Crippen LogP contribution in [0.15, 0.2) is 40.9 Å². The molecule has 0 amide bonds. The van der Waals surface area contributed by atoms with Crippen molar-refractivity contribution in [1.29, 1.82) is 0 Å². The van der Waals surface area contributed by atoms with Gasteiger partial charge in [0, 0.05) is 10.5 Å². The van der Waals surface area contributed by atoms with E-state index in [9.17, 15) is 8.78 Å². The molecule has 0 aliphatic heterocycles. The third-order valence-corrected chi connectivity index (χ3v) is 3.39. The van der Waals surface area contributed by atoms with Gasteiger partial charge in [-0.2, -0.15) is 4.39 Å². The molecule has 0 aromatic heterocycles. The third-order valence-electron chi connectivity index (χ3n) is 2.94. The fourth-order valence-electron chi connectivity index (χ4n) is 1.75. The second kappa shape index (κ2) is 6.33. The SMILES string of the molecule is CC[C@H](N)c1ccc(Oc2cc(Br)cc(F)c2F)cc1. The van der Waals surface area contributed by atoms with Gasteiger partial charge in [0.15, 0.2) is 11.6 Å². The summed E-state index contributed by atoms with van der Waals surface area (Å²) >= 11 is 3.10. The summed E-state index contributed by atoms with van der Waals surface area (Å²) in [4.78, 5) is 0. The summed E-state index contributed by atoms with van der Waals surface area (Å²) in [6, 6.07) is 9.39. The van der Waals surface area contributed by atoms with Crippen LogP contribution in [-0.2, 0) is 0 Å². The molecule has 0 heterocycles. The molecule has 20 heavy (non-hydrogen) atoms. The predicted octanol–water partition coefficient (Wildman–Crippen LogP) is 4.93. The minimum atomic E-state index is -1.01. The zero-order chi connectivity index (χ0) is 14.7. The van der Waals surface area contributed by atoms with Gasteiger partial charge in [0.2, 0.25) is 5.82 Å². The molecule has 5 heteroatoms. The minimum absolute atomic E-state index is 0.0379. The van der Waals surface area contributed by atoms with E-state index in [1.165, 1.54) is 6.07 Å². The van der Waals surface area contributed by atoms with Crippen LogP contribution in [0.25, 0.3) is 0 Å². The van der Waals surface area contributed by atoms with Gasteiger partial charge in [-0.3, -0.25) is 0 Å². The van der Waals surface area contributed by atoms with Gasteiger partial charge in [-0.15, -0.1) is 0 Å². The first-order valence-electron chi connectivity index (χ1n) is 6.19. The summed E-state index contributed by atoms with van der Waals surface area (Å²) in [5, 5.41) is 0. The van der Waals surface area contributed by atoms with Crippen LogP contribution in [0.2, 0.25) is 0 Å². The molecule has 2 aromatic rings. The van der Waals surface area contributed by atoms with E-state index in [0.29, 0.717) is 10.2 Å². The van der Waals surface area contributed by atoms with Gasteiger partial charge < -0.3 is 10.5 Å². The maximum atomic E-state index is 13.6. The molecular weight excluding hydrogens is 328 g/mol. The lowest BCUT2D eigenvalue weighted by Crippen LogP contribution is -2.08. The number of halogens is 3. The Morgan fingerprint density at radius 3 is 2.45 bits per heavy atom. The number of nitrogens with two attached hydrogens (primary N) is 1. The van der Waals surface area contributed by atoms with E-state index in [2.05, 4.69) is 15.9 Å². The van der Waals surface area contributed by atoms with Gasteiger partial charge in [-0.05, 0) is 36.2 Å². The smallest absolute Gasteiger partial charge is 0.201 e. The fraction of sp³-hybridized carbons (Fsp3) is 0.200. The first kappa shape index (κ1) is 14.9. The van der Waals surface area contributed by atoms with Crippen molar-refractivity contribution in [3.63, 3.8) is 0 Å². The Bertz CT molecular complexity index is 602. The Labute approximate surface area is 124 Å². The molecule has 2 N–H and O–H groups in total. The van der Waals surface area contributed by atoms with Gasteiger partial charge in [0.05, 0.1) is 0 Å². The van der Waals surface area contributed by atoms with Crippen molar-refractivity contribution in [2.45, 2.75) is 19.4 Å². The molecule has 106 valence electrons. The monoisotopic (exact) mass is 341 g/mol. The molecular formula is C15H14BrF2NO. The molecule has 2 aromatic carbocycles. The quantitative estimate of drug-likeness (QED) is 0.800. The van der Waals surface area contributed by atoms with E-state index in [0.717, 1.165) is 18.1 Å². The maximum absolute atomic E-state index is 13.6. The van der Waals surface area contributed by atoms with E-state index in [-0.39, 0.29) is 11.8 Å². The lowest BCUT2D eigenvalue weighted by Gasteiger charge is -2.11. The molecule has 0 saturated carbocycles. The second-order valence-corrected chi connectivity index (χ2v) is 5.30. The molecule has 0 saturated heterocycles. The van der Waals surface area contributed by atoms with Gasteiger partial charge in [-0.25, -0.2) is 4.39 Å². The van der Waals surface area contributed by atoms with Crippen LogP contribution in [0.1, 0.15) is 24.9 Å². The molecule has 0 bridgehead atoms. The van der Waals surface area contributed by atoms with Gasteiger partial charge in [0.1, 0.15) is 5.75 Å². The lowest BCUT2D eigenvalue weighted by molar-refractivity contribution is 0.415. The van der Waals surface area contributed by atoms with Crippen molar-refractivity contribution >= 4 is 15.9 Å². The van der Waals surface area contributed by atoms with E-state index in [4.69, 9.17) is 10.5 Å².